The fraction of sp³-hybridized carbons (Fsp3) is 0.217. The summed E-state index contributed by atoms with van der Waals surface area (Å²) in [6.07, 6.45) is 3.54. The minimum absolute atomic E-state index is 0.106. The van der Waals surface area contributed by atoms with Crippen LogP contribution in [-0.4, -0.2) is 24.6 Å². The number of pyridine rings is 1. The molecule has 0 fully saturated rings. The number of nitrogens with one attached hydrogen (secondary N) is 2. The molecule has 6 nitrogen and oxygen atoms in total. The summed E-state index contributed by atoms with van der Waals surface area (Å²) in [7, 11) is 1.59. The van der Waals surface area contributed by atoms with Crippen LogP contribution in [-0.2, 0) is 17.9 Å². The number of para-hydroxylation sites is 1. The van der Waals surface area contributed by atoms with Gasteiger partial charge >= 0.3 is 0 Å². The summed E-state index contributed by atoms with van der Waals surface area (Å²) >= 11 is 0. The first-order chi connectivity index (χ1) is 14.2. The molecule has 29 heavy (non-hydrogen) atoms. The number of benzene rings is 2. The van der Waals surface area contributed by atoms with Crippen molar-refractivity contribution in [2.75, 3.05) is 19.0 Å². The highest BCUT2D eigenvalue weighted by Gasteiger charge is 2.13. The van der Waals surface area contributed by atoms with Crippen molar-refractivity contribution >= 4 is 11.6 Å². The molecule has 0 spiro atoms. The predicted molar refractivity (Wildman–Crippen MR) is 113 cm³/mol. The Labute approximate surface area is 170 Å². The molecule has 150 valence electrons. The third-order valence-corrected chi connectivity index (χ3v) is 4.36. The van der Waals surface area contributed by atoms with Gasteiger partial charge in [0, 0.05) is 36.7 Å². The maximum Gasteiger partial charge on any atom is 0.262 e. The maximum atomic E-state index is 12.3. The lowest BCUT2D eigenvalue weighted by Gasteiger charge is -2.15. The summed E-state index contributed by atoms with van der Waals surface area (Å²) in [6, 6.07) is 17.2. The summed E-state index contributed by atoms with van der Waals surface area (Å²) in [4.78, 5) is 16.3. The number of ether oxygens (including phenoxy) is 2. The normalized spacial score (nSPS) is 10.4. The van der Waals surface area contributed by atoms with Gasteiger partial charge in [-0.15, -0.1) is 0 Å². The van der Waals surface area contributed by atoms with Crippen molar-refractivity contribution in [3.63, 3.8) is 0 Å². The van der Waals surface area contributed by atoms with Crippen molar-refractivity contribution < 1.29 is 14.3 Å². The highest BCUT2D eigenvalue weighted by atomic mass is 16.5. The smallest absolute Gasteiger partial charge is 0.262 e. The molecular weight excluding hydrogens is 366 g/mol. The van der Waals surface area contributed by atoms with E-state index in [1.807, 2.05) is 61.5 Å². The summed E-state index contributed by atoms with van der Waals surface area (Å²) in [6.45, 7) is 3.17. The van der Waals surface area contributed by atoms with Crippen molar-refractivity contribution in [3.8, 4) is 11.5 Å². The van der Waals surface area contributed by atoms with Gasteiger partial charge in [0.15, 0.2) is 18.1 Å². The zero-order chi connectivity index (χ0) is 20.5. The lowest BCUT2D eigenvalue weighted by Crippen LogP contribution is -2.21. The number of rotatable bonds is 9. The summed E-state index contributed by atoms with van der Waals surface area (Å²) < 4.78 is 11.3. The van der Waals surface area contributed by atoms with Gasteiger partial charge in [0.2, 0.25) is 0 Å². The molecule has 2 N–H and O–H groups in total. The molecule has 2 aromatic carbocycles. The Balaban J connectivity index is 1.61. The van der Waals surface area contributed by atoms with E-state index in [2.05, 4.69) is 15.6 Å². The van der Waals surface area contributed by atoms with Crippen LogP contribution in [0.3, 0.4) is 0 Å². The molecule has 0 unspecified atom stereocenters. The fourth-order valence-corrected chi connectivity index (χ4v) is 2.84. The lowest BCUT2D eigenvalue weighted by molar-refractivity contribution is -0.118. The Morgan fingerprint density at radius 1 is 1.00 bits per heavy atom. The highest BCUT2D eigenvalue weighted by molar-refractivity contribution is 5.91. The standard InChI is InChI=1S/C23H25N3O3/c1-17-6-8-20(9-7-17)26-22(27)16-29-23-19(4-3-5-21(23)28-2)15-25-14-18-10-12-24-13-11-18/h3-13,25H,14-16H2,1-2H3,(H,26,27). The van der Waals surface area contributed by atoms with Crippen LogP contribution in [0.15, 0.2) is 67.0 Å². The Hall–Kier alpha value is -3.38. The number of aromatic nitrogens is 1. The van der Waals surface area contributed by atoms with Gasteiger partial charge in [0.05, 0.1) is 7.11 Å². The number of methoxy groups -OCH3 is 1. The quantitative estimate of drug-likeness (QED) is 0.582. The number of hydrogen-bond acceptors (Lipinski definition) is 5. The van der Waals surface area contributed by atoms with Crippen LogP contribution in [0.2, 0.25) is 0 Å². The van der Waals surface area contributed by atoms with Gasteiger partial charge in [-0.1, -0.05) is 29.8 Å². The number of hydrogen-bond donors (Lipinski definition) is 2. The second-order valence-electron chi connectivity index (χ2n) is 6.61. The molecule has 0 atom stereocenters. The molecule has 1 heterocycles. The van der Waals surface area contributed by atoms with E-state index in [4.69, 9.17) is 9.47 Å². The number of aryl methyl sites for hydroxylation is 1. The van der Waals surface area contributed by atoms with Gasteiger partial charge in [-0.25, -0.2) is 0 Å². The highest BCUT2D eigenvalue weighted by Crippen LogP contribution is 2.31. The molecule has 6 heteroatoms. The first-order valence-corrected chi connectivity index (χ1v) is 9.40. The molecule has 0 aliphatic heterocycles. The molecule has 3 rings (SSSR count). The van der Waals surface area contributed by atoms with Crippen LogP contribution >= 0.6 is 0 Å². The Morgan fingerprint density at radius 3 is 2.48 bits per heavy atom. The third kappa shape index (κ3) is 6.05. The van der Waals surface area contributed by atoms with Crippen LogP contribution in [0, 0.1) is 6.92 Å². The topological polar surface area (TPSA) is 72.5 Å². The molecular formula is C23H25N3O3. The number of nitrogens with zero attached hydrogens (tertiary/aromatic N) is 1. The van der Waals surface area contributed by atoms with E-state index >= 15 is 0 Å². The first kappa shape index (κ1) is 20.4. The van der Waals surface area contributed by atoms with Gasteiger partial charge in [-0.3, -0.25) is 9.78 Å². The summed E-state index contributed by atoms with van der Waals surface area (Å²) in [5.41, 5.74) is 3.94. The van der Waals surface area contributed by atoms with E-state index in [1.54, 1.807) is 19.5 Å². The molecule has 0 aliphatic carbocycles. The number of carbonyl (C=O) groups excluding carboxylic acids is 1. The van der Waals surface area contributed by atoms with Crippen LogP contribution < -0.4 is 20.1 Å². The zero-order valence-corrected chi connectivity index (χ0v) is 16.6. The minimum Gasteiger partial charge on any atom is -0.493 e. The van der Waals surface area contributed by atoms with E-state index in [9.17, 15) is 4.79 Å². The van der Waals surface area contributed by atoms with E-state index in [1.165, 1.54) is 0 Å². The molecule has 0 aliphatic rings. The van der Waals surface area contributed by atoms with Crippen LogP contribution in [0.1, 0.15) is 16.7 Å². The molecule has 1 amide bonds. The van der Waals surface area contributed by atoms with E-state index in [0.29, 0.717) is 24.6 Å². The van der Waals surface area contributed by atoms with Crippen LogP contribution in [0.4, 0.5) is 5.69 Å². The molecule has 0 radical (unpaired) electrons. The van der Waals surface area contributed by atoms with Crippen LogP contribution in [0.25, 0.3) is 0 Å². The second kappa shape index (κ2) is 10.2. The van der Waals surface area contributed by atoms with Gasteiger partial charge in [0.25, 0.3) is 5.91 Å². The number of anilines is 1. The average molecular weight is 391 g/mol. The largest absolute Gasteiger partial charge is 0.493 e. The Bertz CT molecular complexity index is 928. The van der Waals surface area contributed by atoms with Gasteiger partial charge in [0.1, 0.15) is 0 Å². The number of amides is 1. The average Bonchev–Trinajstić information content (AvgIpc) is 2.75. The van der Waals surface area contributed by atoms with Gasteiger partial charge < -0.3 is 20.1 Å². The van der Waals surface area contributed by atoms with Gasteiger partial charge in [-0.05, 0) is 42.8 Å². The monoisotopic (exact) mass is 391 g/mol. The Kier molecular flexibility index (Phi) is 7.19. The molecule has 3 aromatic rings. The minimum atomic E-state index is -0.226. The summed E-state index contributed by atoms with van der Waals surface area (Å²) in [5, 5.41) is 6.21. The van der Waals surface area contributed by atoms with Crippen molar-refractivity contribution in [1.29, 1.82) is 0 Å². The lowest BCUT2D eigenvalue weighted by atomic mass is 10.1. The molecule has 0 bridgehead atoms. The van der Waals surface area contributed by atoms with E-state index in [-0.39, 0.29) is 12.5 Å². The molecule has 1 aromatic heterocycles. The predicted octanol–water partition coefficient (Wildman–Crippen LogP) is 3.71. The maximum absolute atomic E-state index is 12.3. The first-order valence-electron chi connectivity index (χ1n) is 9.40. The second-order valence-corrected chi connectivity index (χ2v) is 6.61. The SMILES string of the molecule is COc1cccc(CNCc2ccncc2)c1OCC(=O)Nc1ccc(C)cc1. The number of carbonyl (C=O) groups is 1. The van der Waals surface area contributed by atoms with Crippen molar-refractivity contribution in [3.05, 3.63) is 83.7 Å². The van der Waals surface area contributed by atoms with Crippen molar-refractivity contribution in [2.24, 2.45) is 0 Å². The van der Waals surface area contributed by atoms with E-state index < -0.39 is 0 Å². The molecule has 0 saturated carbocycles. The summed E-state index contributed by atoms with van der Waals surface area (Å²) in [5.74, 6) is 0.933. The fourth-order valence-electron chi connectivity index (χ4n) is 2.84. The Morgan fingerprint density at radius 2 is 1.76 bits per heavy atom. The third-order valence-electron chi connectivity index (χ3n) is 4.36. The van der Waals surface area contributed by atoms with Crippen LogP contribution in [0.5, 0.6) is 11.5 Å². The van der Waals surface area contributed by atoms with Gasteiger partial charge in [-0.2, -0.15) is 0 Å². The molecule has 0 saturated heterocycles. The van der Waals surface area contributed by atoms with Crippen molar-refractivity contribution in [1.82, 2.24) is 10.3 Å². The van der Waals surface area contributed by atoms with Crippen molar-refractivity contribution in [2.45, 2.75) is 20.0 Å². The zero-order valence-electron chi connectivity index (χ0n) is 16.6. The van der Waals surface area contributed by atoms with E-state index in [0.717, 1.165) is 22.4 Å².